The van der Waals surface area contributed by atoms with Gasteiger partial charge in [0.2, 0.25) is 0 Å². The van der Waals surface area contributed by atoms with E-state index in [0.29, 0.717) is 35.7 Å². The summed E-state index contributed by atoms with van der Waals surface area (Å²) in [6.45, 7) is 0.417. The number of ether oxygens (including phenoxy) is 2. The Labute approximate surface area is 225 Å². The number of benzene rings is 4. The van der Waals surface area contributed by atoms with E-state index in [9.17, 15) is 9.59 Å². The van der Waals surface area contributed by atoms with Crippen molar-refractivity contribution in [1.82, 2.24) is 5.32 Å². The first-order valence-electron chi connectivity index (χ1n) is 12.1. The van der Waals surface area contributed by atoms with Crippen LogP contribution >= 0.6 is 11.8 Å². The summed E-state index contributed by atoms with van der Waals surface area (Å²) >= 11 is 1.63. The van der Waals surface area contributed by atoms with Gasteiger partial charge in [-0.3, -0.25) is 9.69 Å². The van der Waals surface area contributed by atoms with Crippen LogP contribution in [0, 0.1) is 0 Å². The van der Waals surface area contributed by atoms with E-state index in [0.717, 1.165) is 26.7 Å². The van der Waals surface area contributed by atoms with Gasteiger partial charge >= 0.3 is 6.03 Å². The van der Waals surface area contributed by atoms with Crippen molar-refractivity contribution < 1.29 is 19.1 Å². The predicted octanol–water partition coefficient (Wildman–Crippen LogP) is 6.51. The van der Waals surface area contributed by atoms with E-state index in [4.69, 9.17) is 9.47 Å². The van der Waals surface area contributed by atoms with Gasteiger partial charge in [-0.05, 0) is 60.5 Å². The maximum Gasteiger partial charge on any atom is 0.331 e. The Balaban J connectivity index is 1.31. The zero-order valence-electron chi connectivity index (χ0n) is 21.1. The number of fused-ring (bicyclic) bond motifs is 2. The number of para-hydroxylation sites is 3. The molecule has 1 heterocycles. The lowest BCUT2D eigenvalue weighted by atomic mass is 10.1. The number of nitrogens with one attached hydrogen (secondary N) is 2. The number of nitrogens with zero attached hydrogens (tertiary/aromatic N) is 1. The van der Waals surface area contributed by atoms with Gasteiger partial charge in [0, 0.05) is 16.3 Å². The third-order valence-electron chi connectivity index (χ3n) is 6.20. The molecule has 192 valence electrons. The molecule has 3 amide bonds. The van der Waals surface area contributed by atoms with Crippen LogP contribution in [0.25, 0.3) is 0 Å². The van der Waals surface area contributed by atoms with E-state index in [-0.39, 0.29) is 11.9 Å². The van der Waals surface area contributed by atoms with Crippen LogP contribution in [0.15, 0.2) is 101 Å². The van der Waals surface area contributed by atoms with Gasteiger partial charge in [0.15, 0.2) is 11.5 Å². The van der Waals surface area contributed by atoms with Gasteiger partial charge in [0.1, 0.15) is 0 Å². The fraction of sp³-hybridized carbons (Fsp3) is 0.133. The Kier molecular flexibility index (Phi) is 7.51. The minimum atomic E-state index is -0.337. The van der Waals surface area contributed by atoms with Crippen molar-refractivity contribution >= 4 is 40.8 Å². The average Bonchev–Trinajstić information content (AvgIpc) is 2.95. The lowest BCUT2D eigenvalue weighted by molar-refractivity contribution is 0.0955. The average molecular weight is 526 g/mol. The van der Waals surface area contributed by atoms with Crippen molar-refractivity contribution in [2.24, 2.45) is 0 Å². The normalized spacial score (nSPS) is 11.7. The summed E-state index contributed by atoms with van der Waals surface area (Å²) in [5.41, 5.74) is 3.43. The Bertz CT molecular complexity index is 1440. The van der Waals surface area contributed by atoms with E-state index in [1.54, 1.807) is 55.1 Å². The first-order valence-corrected chi connectivity index (χ1v) is 13.0. The topological polar surface area (TPSA) is 79.9 Å². The number of amides is 3. The molecule has 4 aromatic rings. The summed E-state index contributed by atoms with van der Waals surface area (Å²) in [4.78, 5) is 30.4. The summed E-state index contributed by atoms with van der Waals surface area (Å²) in [6.07, 6.45) is 0.611. The maximum atomic E-state index is 13.6. The molecular formula is C30H27N3O4S. The fourth-order valence-electron chi connectivity index (χ4n) is 4.34. The highest BCUT2D eigenvalue weighted by Gasteiger charge is 2.28. The summed E-state index contributed by atoms with van der Waals surface area (Å²) in [5.74, 6) is 1.03. The third-order valence-corrected chi connectivity index (χ3v) is 7.33. The van der Waals surface area contributed by atoms with Crippen LogP contribution in [0.5, 0.6) is 11.5 Å². The number of methoxy groups -OCH3 is 2. The molecule has 1 aliphatic heterocycles. The van der Waals surface area contributed by atoms with Crippen LogP contribution in [-0.2, 0) is 6.42 Å². The zero-order chi connectivity index (χ0) is 26.5. The number of rotatable bonds is 7. The highest BCUT2D eigenvalue weighted by atomic mass is 32.2. The van der Waals surface area contributed by atoms with Crippen LogP contribution in [0.2, 0.25) is 0 Å². The van der Waals surface area contributed by atoms with Gasteiger partial charge in [-0.15, -0.1) is 0 Å². The second-order valence-electron chi connectivity index (χ2n) is 8.54. The molecular weight excluding hydrogens is 498 g/mol. The second-order valence-corrected chi connectivity index (χ2v) is 9.63. The molecule has 7 nitrogen and oxygen atoms in total. The molecule has 1 aliphatic rings. The van der Waals surface area contributed by atoms with Crippen LogP contribution in [0.3, 0.4) is 0 Å². The Morgan fingerprint density at radius 1 is 0.789 bits per heavy atom. The smallest absolute Gasteiger partial charge is 0.331 e. The predicted molar refractivity (Wildman–Crippen MR) is 150 cm³/mol. The van der Waals surface area contributed by atoms with Crippen molar-refractivity contribution in [3.05, 3.63) is 102 Å². The number of anilines is 3. The second kappa shape index (κ2) is 11.3. The van der Waals surface area contributed by atoms with Crippen LogP contribution in [0.1, 0.15) is 15.9 Å². The van der Waals surface area contributed by atoms with Gasteiger partial charge in [-0.2, -0.15) is 0 Å². The maximum absolute atomic E-state index is 13.6. The van der Waals surface area contributed by atoms with Gasteiger partial charge in [-0.1, -0.05) is 54.2 Å². The monoisotopic (exact) mass is 525 g/mol. The molecule has 5 rings (SSSR count). The van der Waals surface area contributed by atoms with Gasteiger partial charge in [0.05, 0.1) is 36.8 Å². The number of hydrogen-bond donors (Lipinski definition) is 2. The molecule has 0 spiro atoms. The summed E-state index contributed by atoms with van der Waals surface area (Å²) in [6, 6.07) is 27.9. The van der Waals surface area contributed by atoms with Crippen molar-refractivity contribution in [2.45, 2.75) is 16.2 Å². The molecule has 2 N–H and O–H groups in total. The summed E-state index contributed by atoms with van der Waals surface area (Å²) in [5, 5.41) is 5.92. The molecule has 8 heteroatoms. The van der Waals surface area contributed by atoms with Crippen LogP contribution in [0.4, 0.5) is 21.9 Å². The zero-order valence-corrected chi connectivity index (χ0v) is 21.9. The van der Waals surface area contributed by atoms with Gasteiger partial charge in [0.25, 0.3) is 5.91 Å². The van der Waals surface area contributed by atoms with E-state index >= 15 is 0 Å². The van der Waals surface area contributed by atoms with Crippen LogP contribution in [-0.4, -0.2) is 32.7 Å². The van der Waals surface area contributed by atoms with E-state index in [1.165, 1.54) is 0 Å². The highest BCUT2D eigenvalue weighted by molar-refractivity contribution is 7.99. The molecule has 0 atom stereocenters. The molecule has 0 saturated heterocycles. The molecule has 0 fully saturated rings. The molecule has 0 radical (unpaired) electrons. The Morgan fingerprint density at radius 3 is 2.11 bits per heavy atom. The summed E-state index contributed by atoms with van der Waals surface area (Å²) in [7, 11) is 3.18. The number of carbonyl (C=O) groups is 2. The first kappa shape index (κ1) is 25.2. The largest absolute Gasteiger partial charge is 0.493 e. The van der Waals surface area contributed by atoms with Crippen LogP contribution < -0.4 is 25.0 Å². The van der Waals surface area contributed by atoms with E-state index < -0.39 is 0 Å². The van der Waals surface area contributed by atoms with Gasteiger partial charge < -0.3 is 20.1 Å². The SMILES string of the molecule is COc1ccc(CCNC(=O)c2ccccc2NC(=O)N2c3ccccc3Sc3ccccc32)cc1OC. The van der Waals surface area contributed by atoms with Gasteiger partial charge in [-0.25, -0.2) is 4.79 Å². The van der Waals surface area contributed by atoms with Crippen molar-refractivity contribution in [1.29, 1.82) is 0 Å². The highest BCUT2D eigenvalue weighted by Crippen LogP contribution is 2.48. The molecule has 0 unspecified atom stereocenters. The molecule has 0 aromatic heterocycles. The summed E-state index contributed by atoms with van der Waals surface area (Å²) < 4.78 is 10.6. The lowest BCUT2D eigenvalue weighted by Crippen LogP contribution is -2.34. The van der Waals surface area contributed by atoms with Crippen molar-refractivity contribution in [3.8, 4) is 11.5 Å². The van der Waals surface area contributed by atoms with E-state index in [1.807, 2.05) is 66.7 Å². The fourth-order valence-corrected chi connectivity index (χ4v) is 5.39. The lowest BCUT2D eigenvalue weighted by Gasteiger charge is -2.31. The van der Waals surface area contributed by atoms with Crippen molar-refractivity contribution in [3.63, 3.8) is 0 Å². The number of hydrogen-bond acceptors (Lipinski definition) is 5. The minimum Gasteiger partial charge on any atom is -0.493 e. The van der Waals surface area contributed by atoms with E-state index in [2.05, 4.69) is 10.6 Å². The molecule has 38 heavy (non-hydrogen) atoms. The first-order chi connectivity index (χ1) is 18.6. The molecule has 4 aromatic carbocycles. The van der Waals surface area contributed by atoms with Crippen molar-refractivity contribution in [2.75, 3.05) is 31.0 Å². The molecule has 0 saturated carbocycles. The quantitative estimate of drug-likeness (QED) is 0.288. The molecule has 0 aliphatic carbocycles. The third kappa shape index (κ3) is 5.17. The Hall–Kier alpha value is -4.43. The minimum absolute atomic E-state index is 0.267. The Morgan fingerprint density at radius 2 is 1.42 bits per heavy atom. The number of carbonyl (C=O) groups excluding carboxylic acids is 2. The molecule has 0 bridgehead atoms. The number of urea groups is 1. The standard InChI is InChI=1S/C30H27N3O4S/c1-36-25-16-15-20(19-26(25)37-2)17-18-31-29(34)21-9-3-4-10-22(21)32-30(35)33-23-11-5-7-13-27(23)38-28-14-8-6-12-24(28)33/h3-16,19H,17-18H2,1-2H3,(H,31,34)(H,32,35).